The average molecular weight is 433 g/mol. The molecule has 4 atom stereocenters. The monoisotopic (exact) mass is 432 g/mol. The first-order valence-corrected chi connectivity index (χ1v) is 12.4. The molecule has 0 bridgehead atoms. The molecule has 1 saturated heterocycles. The first kappa shape index (κ1) is 22.7. The number of likely N-dealkylation sites (tertiary alicyclic amines) is 1. The van der Waals surface area contributed by atoms with Crippen molar-refractivity contribution in [2.45, 2.75) is 76.4 Å². The van der Waals surface area contributed by atoms with E-state index in [1.54, 1.807) is 0 Å². The smallest absolute Gasteiger partial charge is 0.222 e. The molecule has 0 aromatic heterocycles. The van der Waals surface area contributed by atoms with Gasteiger partial charge in [-0.25, -0.2) is 0 Å². The summed E-state index contributed by atoms with van der Waals surface area (Å²) in [6.45, 7) is 4.10. The molecule has 6 heteroatoms. The zero-order valence-electron chi connectivity index (χ0n) is 19.1. The summed E-state index contributed by atoms with van der Waals surface area (Å²) in [5.41, 5.74) is 0. The number of ether oxygens (including phenoxy) is 2. The highest BCUT2D eigenvalue weighted by molar-refractivity contribution is 5.76. The minimum atomic E-state index is -0.549. The van der Waals surface area contributed by atoms with E-state index >= 15 is 0 Å². The first-order chi connectivity index (χ1) is 15.1. The first-order valence-electron chi connectivity index (χ1n) is 12.4. The van der Waals surface area contributed by atoms with Crippen LogP contribution in [0.15, 0.2) is 23.7 Å². The summed E-state index contributed by atoms with van der Waals surface area (Å²) in [6.07, 6.45) is 13.7. The molecule has 1 amide bonds. The summed E-state index contributed by atoms with van der Waals surface area (Å²) in [7, 11) is 1.90. The molecule has 4 aliphatic rings. The highest BCUT2D eigenvalue weighted by Gasteiger charge is 2.38. The van der Waals surface area contributed by atoms with Gasteiger partial charge in [0.25, 0.3) is 0 Å². The Balaban J connectivity index is 1.39. The Labute approximate surface area is 187 Å². The van der Waals surface area contributed by atoms with Gasteiger partial charge in [-0.3, -0.25) is 4.79 Å². The fraction of sp³-hybridized carbons (Fsp3) is 0.800. The molecule has 174 valence electrons. The van der Waals surface area contributed by atoms with Gasteiger partial charge >= 0.3 is 0 Å². The van der Waals surface area contributed by atoms with Gasteiger partial charge in [-0.1, -0.05) is 12.2 Å². The van der Waals surface area contributed by atoms with Gasteiger partial charge in [-0.15, -0.1) is 0 Å². The molecule has 1 fully saturated rings. The highest BCUT2D eigenvalue weighted by Crippen LogP contribution is 2.36. The Morgan fingerprint density at radius 2 is 1.97 bits per heavy atom. The van der Waals surface area contributed by atoms with Gasteiger partial charge in [-0.05, 0) is 69.9 Å². The number of likely N-dealkylation sites (N-methyl/N-ethyl adjacent to an activating group) is 1. The van der Waals surface area contributed by atoms with Crippen molar-refractivity contribution < 1.29 is 19.4 Å². The van der Waals surface area contributed by atoms with Gasteiger partial charge in [0.15, 0.2) is 0 Å². The van der Waals surface area contributed by atoms with E-state index in [0.717, 1.165) is 63.3 Å². The lowest BCUT2D eigenvalue weighted by molar-refractivity contribution is -0.136. The molecular formula is C25H40N2O4. The van der Waals surface area contributed by atoms with Crippen LogP contribution in [0.3, 0.4) is 0 Å². The molecule has 0 saturated carbocycles. The number of aliphatic hydroxyl groups excluding tert-OH is 1. The third-order valence-electron chi connectivity index (χ3n) is 7.69. The molecule has 0 radical (unpaired) electrons. The number of aliphatic hydroxyl groups is 1. The van der Waals surface area contributed by atoms with Crippen LogP contribution >= 0.6 is 0 Å². The second kappa shape index (κ2) is 10.9. The van der Waals surface area contributed by atoms with Crippen LogP contribution in [0, 0.1) is 11.8 Å². The third-order valence-corrected chi connectivity index (χ3v) is 7.69. The van der Waals surface area contributed by atoms with Crippen LogP contribution in [0.4, 0.5) is 0 Å². The second-order valence-corrected chi connectivity index (χ2v) is 9.81. The van der Waals surface area contributed by atoms with Crippen LogP contribution in [-0.2, 0) is 14.3 Å². The van der Waals surface area contributed by atoms with E-state index in [1.807, 2.05) is 11.9 Å². The third kappa shape index (κ3) is 5.83. The Bertz CT molecular complexity index is 670. The number of hydrogen-bond donors (Lipinski definition) is 1. The Hall–Kier alpha value is -1.53. The summed E-state index contributed by atoms with van der Waals surface area (Å²) in [5, 5.41) is 11.5. The lowest BCUT2D eigenvalue weighted by Crippen LogP contribution is -2.53. The van der Waals surface area contributed by atoms with Gasteiger partial charge in [0.2, 0.25) is 5.91 Å². The molecule has 0 aromatic rings. The summed E-state index contributed by atoms with van der Waals surface area (Å²) >= 11 is 0. The van der Waals surface area contributed by atoms with E-state index in [-0.39, 0.29) is 17.9 Å². The summed E-state index contributed by atoms with van der Waals surface area (Å²) in [6, 6.07) is -0.173. The molecule has 2 aliphatic carbocycles. The predicted molar refractivity (Wildman–Crippen MR) is 120 cm³/mol. The number of hydrogen-bond acceptors (Lipinski definition) is 5. The molecule has 2 heterocycles. The van der Waals surface area contributed by atoms with Crippen LogP contribution in [0.2, 0.25) is 0 Å². The normalized spacial score (nSPS) is 28.5. The largest absolute Gasteiger partial charge is 0.491 e. The van der Waals surface area contributed by atoms with E-state index in [4.69, 9.17) is 9.47 Å². The molecule has 0 aromatic carbocycles. The quantitative estimate of drug-likeness (QED) is 0.595. The van der Waals surface area contributed by atoms with Gasteiger partial charge in [-0.2, -0.15) is 0 Å². The van der Waals surface area contributed by atoms with Gasteiger partial charge < -0.3 is 24.4 Å². The topological polar surface area (TPSA) is 62.2 Å². The van der Waals surface area contributed by atoms with Gasteiger partial charge in [0.1, 0.15) is 24.7 Å². The zero-order chi connectivity index (χ0) is 21.6. The Morgan fingerprint density at radius 3 is 2.71 bits per heavy atom. The maximum Gasteiger partial charge on any atom is 0.222 e. The molecule has 1 N–H and O–H groups in total. The fourth-order valence-corrected chi connectivity index (χ4v) is 5.63. The standard InChI is InChI=1S/C25H40N2O4/c1-26(24(28)12-9-19-7-3-2-4-8-19)21(18-27-13-5-6-14-27)25(29)20-10-11-22-23(17-20)31-16-15-30-22/h2-3,19-21,25,29H,4-18H2,1H3/t19?,20?,21-,25-/m1/s1. The average Bonchev–Trinajstić information content (AvgIpc) is 3.34. The van der Waals surface area contributed by atoms with Gasteiger partial charge in [0, 0.05) is 32.9 Å². The van der Waals surface area contributed by atoms with Crippen LogP contribution in [-0.4, -0.2) is 72.9 Å². The molecule has 4 rings (SSSR count). The number of nitrogens with zero attached hydrogens (tertiary/aromatic N) is 2. The van der Waals surface area contributed by atoms with E-state index in [1.165, 1.54) is 19.3 Å². The lowest BCUT2D eigenvalue weighted by atomic mass is 9.83. The minimum absolute atomic E-state index is 0.104. The molecule has 0 spiro atoms. The van der Waals surface area contributed by atoms with Crippen molar-refractivity contribution in [3.8, 4) is 0 Å². The van der Waals surface area contributed by atoms with E-state index in [9.17, 15) is 9.90 Å². The molecule has 31 heavy (non-hydrogen) atoms. The highest BCUT2D eigenvalue weighted by atomic mass is 16.6. The van der Waals surface area contributed by atoms with Crippen LogP contribution in [0.25, 0.3) is 0 Å². The minimum Gasteiger partial charge on any atom is -0.491 e. The van der Waals surface area contributed by atoms with E-state index < -0.39 is 6.10 Å². The Kier molecular flexibility index (Phi) is 7.94. The zero-order valence-corrected chi connectivity index (χ0v) is 19.1. The number of carbonyl (C=O) groups is 1. The second-order valence-electron chi connectivity index (χ2n) is 9.81. The molecule has 6 nitrogen and oxygen atoms in total. The van der Waals surface area contributed by atoms with Crippen molar-refractivity contribution in [1.29, 1.82) is 0 Å². The Morgan fingerprint density at radius 1 is 1.19 bits per heavy atom. The van der Waals surface area contributed by atoms with E-state index in [0.29, 0.717) is 32.0 Å². The van der Waals surface area contributed by atoms with Crippen molar-refractivity contribution in [3.05, 3.63) is 23.7 Å². The predicted octanol–water partition coefficient (Wildman–Crippen LogP) is 3.47. The molecule has 2 aliphatic heterocycles. The molecular weight excluding hydrogens is 392 g/mol. The van der Waals surface area contributed by atoms with E-state index in [2.05, 4.69) is 17.1 Å². The number of rotatable bonds is 8. The van der Waals surface area contributed by atoms with Crippen molar-refractivity contribution in [2.75, 3.05) is 39.9 Å². The van der Waals surface area contributed by atoms with Crippen molar-refractivity contribution >= 4 is 5.91 Å². The van der Waals surface area contributed by atoms with Gasteiger partial charge in [0.05, 0.1) is 12.1 Å². The lowest BCUT2D eigenvalue weighted by Gasteiger charge is -2.40. The number of amides is 1. The summed E-state index contributed by atoms with van der Waals surface area (Å²) in [5.74, 6) is 2.78. The summed E-state index contributed by atoms with van der Waals surface area (Å²) < 4.78 is 11.6. The SMILES string of the molecule is CN(C(=O)CCC1CC=CCC1)[C@H](CN1CCCC1)[C@H](O)C1CCC2=C(C1)OCCO2. The number of carbonyl (C=O) groups excluding carboxylic acids is 1. The summed E-state index contributed by atoms with van der Waals surface area (Å²) in [4.78, 5) is 17.4. The molecule has 2 unspecified atom stereocenters. The maximum atomic E-state index is 13.1. The maximum absolute atomic E-state index is 13.1. The van der Waals surface area contributed by atoms with Crippen LogP contribution < -0.4 is 0 Å². The fourth-order valence-electron chi connectivity index (χ4n) is 5.63. The van der Waals surface area contributed by atoms with Crippen LogP contribution in [0.5, 0.6) is 0 Å². The van der Waals surface area contributed by atoms with Crippen molar-refractivity contribution in [3.63, 3.8) is 0 Å². The van der Waals surface area contributed by atoms with Crippen LogP contribution in [0.1, 0.15) is 64.2 Å². The van der Waals surface area contributed by atoms with Crippen molar-refractivity contribution in [1.82, 2.24) is 9.80 Å². The van der Waals surface area contributed by atoms with Crippen molar-refractivity contribution in [2.24, 2.45) is 11.8 Å². The number of allylic oxidation sites excluding steroid dienone is 4.